The maximum absolute atomic E-state index is 10.3. The molecule has 0 amide bonds. The van der Waals surface area contributed by atoms with Gasteiger partial charge >= 0.3 is 5.97 Å². The van der Waals surface area contributed by atoms with Crippen LogP contribution in [0.4, 0.5) is 0 Å². The molecule has 1 heterocycles. The van der Waals surface area contributed by atoms with Crippen molar-refractivity contribution in [2.75, 3.05) is 6.26 Å². The molecule has 0 bridgehead atoms. The molecule has 0 spiro atoms. The Balaban J connectivity index is 2.88. The standard InChI is InChI=1S/C6H7NO2S/c1-10-5-3-2-4(7-5)6(8)9/h2-3,7H,1H3,(H,8,9). The summed E-state index contributed by atoms with van der Waals surface area (Å²) in [6, 6.07) is 3.29. The highest BCUT2D eigenvalue weighted by Gasteiger charge is 2.03. The fraction of sp³-hybridized carbons (Fsp3) is 0.167. The third-order valence-corrected chi connectivity index (χ3v) is 1.79. The van der Waals surface area contributed by atoms with E-state index in [1.54, 1.807) is 12.1 Å². The highest BCUT2D eigenvalue weighted by atomic mass is 32.2. The first-order chi connectivity index (χ1) is 4.74. The molecular formula is C6H7NO2S. The molecule has 1 rings (SSSR count). The Morgan fingerprint density at radius 1 is 1.70 bits per heavy atom. The lowest BCUT2D eigenvalue weighted by Gasteiger charge is -1.86. The molecule has 0 aliphatic rings. The third-order valence-electron chi connectivity index (χ3n) is 1.11. The molecule has 4 heteroatoms. The Morgan fingerprint density at radius 3 is 2.70 bits per heavy atom. The fourth-order valence-electron chi connectivity index (χ4n) is 0.619. The van der Waals surface area contributed by atoms with Crippen molar-refractivity contribution in [3.63, 3.8) is 0 Å². The van der Waals surface area contributed by atoms with Crippen molar-refractivity contribution in [2.24, 2.45) is 0 Å². The molecule has 0 saturated heterocycles. The minimum Gasteiger partial charge on any atom is -0.477 e. The van der Waals surface area contributed by atoms with Crippen molar-refractivity contribution in [3.8, 4) is 0 Å². The first-order valence-corrected chi connectivity index (χ1v) is 3.93. The second-order valence-corrected chi connectivity index (χ2v) is 2.59. The molecule has 0 aromatic carbocycles. The van der Waals surface area contributed by atoms with Gasteiger partial charge in [0.1, 0.15) is 5.69 Å². The van der Waals surface area contributed by atoms with Gasteiger partial charge < -0.3 is 10.1 Å². The number of thioether (sulfide) groups is 1. The summed E-state index contributed by atoms with van der Waals surface area (Å²) in [5.74, 6) is -0.916. The number of aromatic nitrogens is 1. The molecule has 0 aliphatic heterocycles. The average molecular weight is 157 g/mol. The molecule has 0 saturated carbocycles. The number of aromatic carboxylic acids is 1. The van der Waals surface area contributed by atoms with E-state index < -0.39 is 5.97 Å². The highest BCUT2D eigenvalue weighted by Crippen LogP contribution is 2.12. The summed E-state index contributed by atoms with van der Waals surface area (Å²) in [5.41, 5.74) is 0.240. The maximum Gasteiger partial charge on any atom is 0.352 e. The van der Waals surface area contributed by atoms with Gasteiger partial charge in [-0.2, -0.15) is 0 Å². The molecule has 0 radical (unpaired) electrons. The van der Waals surface area contributed by atoms with E-state index in [4.69, 9.17) is 5.11 Å². The maximum atomic E-state index is 10.3. The van der Waals surface area contributed by atoms with E-state index in [1.807, 2.05) is 6.26 Å². The Morgan fingerprint density at radius 2 is 2.40 bits per heavy atom. The number of aromatic amines is 1. The summed E-state index contributed by atoms with van der Waals surface area (Å²) >= 11 is 1.49. The van der Waals surface area contributed by atoms with Crippen LogP contribution in [-0.4, -0.2) is 22.3 Å². The minimum absolute atomic E-state index is 0.240. The van der Waals surface area contributed by atoms with Crippen LogP contribution in [0.5, 0.6) is 0 Å². The van der Waals surface area contributed by atoms with E-state index in [0.29, 0.717) is 0 Å². The summed E-state index contributed by atoms with van der Waals surface area (Å²) in [7, 11) is 0. The van der Waals surface area contributed by atoms with E-state index in [-0.39, 0.29) is 5.69 Å². The van der Waals surface area contributed by atoms with Crippen molar-refractivity contribution in [1.29, 1.82) is 0 Å². The Kier molecular flexibility index (Phi) is 2.01. The Bertz CT molecular complexity index is 244. The molecule has 54 valence electrons. The van der Waals surface area contributed by atoms with Gasteiger partial charge in [-0.25, -0.2) is 4.79 Å². The van der Waals surface area contributed by atoms with Crippen LogP contribution in [0.3, 0.4) is 0 Å². The summed E-state index contributed by atoms with van der Waals surface area (Å²) in [5, 5.41) is 9.33. The zero-order chi connectivity index (χ0) is 7.56. The van der Waals surface area contributed by atoms with Crippen molar-refractivity contribution < 1.29 is 9.90 Å². The smallest absolute Gasteiger partial charge is 0.352 e. The second-order valence-electron chi connectivity index (χ2n) is 1.75. The summed E-state index contributed by atoms with van der Waals surface area (Å²) in [6.07, 6.45) is 1.89. The molecule has 0 fully saturated rings. The lowest BCUT2D eigenvalue weighted by atomic mass is 10.4. The van der Waals surface area contributed by atoms with Gasteiger partial charge in [-0.05, 0) is 18.4 Å². The van der Waals surface area contributed by atoms with E-state index >= 15 is 0 Å². The molecule has 10 heavy (non-hydrogen) atoms. The number of rotatable bonds is 2. The van der Waals surface area contributed by atoms with Crippen molar-refractivity contribution in [3.05, 3.63) is 17.8 Å². The summed E-state index contributed by atoms with van der Waals surface area (Å²) in [6.45, 7) is 0. The average Bonchev–Trinajstić information content (AvgIpc) is 2.34. The van der Waals surface area contributed by atoms with E-state index in [2.05, 4.69) is 4.98 Å². The van der Waals surface area contributed by atoms with Gasteiger partial charge in [-0.3, -0.25) is 0 Å². The first kappa shape index (κ1) is 7.21. The zero-order valence-corrected chi connectivity index (χ0v) is 6.23. The predicted octanol–water partition coefficient (Wildman–Crippen LogP) is 1.43. The third kappa shape index (κ3) is 1.33. The van der Waals surface area contributed by atoms with Gasteiger partial charge in [0.25, 0.3) is 0 Å². The largest absolute Gasteiger partial charge is 0.477 e. The Hall–Kier alpha value is -0.900. The molecule has 0 aliphatic carbocycles. The molecule has 1 aromatic rings. The number of H-pyrrole nitrogens is 1. The van der Waals surface area contributed by atoms with Gasteiger partial charge in [0.2, 0.25) is 0 Å². The molecule has 3 nitrogen and oxygen atoms in total. The van der Waals surface area contributed by atoms with Crippen molar-refractivity contribution in [2.45, 2.75) is 5.03 Å². The zero-order valence-electron chi connectivity index (χ0n) is 5.42. The van der Waals surface area contributed by atoms with Crippen molar-refractivity contribution >= 4 is 17.7 Å². The topological polar surface area (TPSA) is 53.1 Å². The summed E-state index contributed by atoms with van der Waals surface area (Å²) in [4.78, 5) is 13.0. The van der Waals surface area contributed by atoms with Gasteiger partial charge in [-0.1, -0.05) is 0 Å². The monoisotopic (exact) mass is 157 g/mol. The van der Waals surface area contributed by atoms with E-state index in [0.717, 1.165) is 5.03 Å². The molecule has 1 aromatic heterocycles. The number of carboxylic acids is 1. The Labute approximate surface area is 62.4 Å². The minimum atomic E-state index is -0.916. The van der Waals surface area contributed by atoms with Crippen LogP contribution in [0.1, 0.15) is 10.5 Å². The molecule has 0 atom stereocenters. The van der Waals surface area contributed by atoms with Gasteiger partial charge in [0.05, 0.1) is 5.03 Å². The van der Waals surface area contributed by atoms with E-state index in [1.165, 1.54) is 11.8 Å². The van der Waals surface area contributed by atoms with Crippen LogP contribution in [0.2, 0.25) is 0 Å². The lowest BCUT2D eigenvalue weighted by molar-refractivity contribution is 0.0691. The van der Waals surface area contributed by atoms with Crippen LogP contribution in [0.25, 0.3) is 0 Å². The van der Waals surface area contributed by atoms with Crippen LogP contribution in [0.15, 0.2) is 17.2 Å². The number of hydrogen-bond acceptors (Lipinski definition) is 2. The second kappa shape index (κ2) is 2.79. The predicted molar refractivity (Wildman–Crippen MR) is 39.5 cm³/mol. The van der Waals surface area contributed by atoms with Gasteiger partial charge in [0, 0.05) is 0 Å². The number of nitrogens with one attached hydrogen (secondary N) is 1. The molecule has 0 unspecified atom stereocenters. The number of carboxylic acid groups (broad SMARTS) is 1. The number of hydrogen-bond donors (Lipinski definition) is 2. The first-order valence-electron chi connectivity index (χ1n) is 2.70. The fourth-order valence-corrected chi connectivity index (χ4v) is 1.04. The SMILES string of the molecule is CSc1ccc(C(=O)O)[nH]1. The van der Waals surface area contributed by atoms with Crippen LogP contribution in [0, 0.1) is 0 Å². The van der Waals surface area contributed by atoms with Gasteiger partial charge in [-0.15, -0.1) is 11.8 Å². The van der Waals surface area contributed by atoms with E-state index in [9.17, 15) is 4.79 Å². The summed E-state index contributed by atoms with van der Waals surface area (Å²) < 4.78 is 0. The highest BCUT2D eigenvalue weighted by molar-refractivity contribution is 7.98. The van der Waals surface area contributed by atoms with Crippen molar-refractivity contribution in [1.82, 2.24) is 4.98 Å². The van der Waals surface area contributed by atoms with Crippen LogP contribution in [-0.2, 0) is 0 Å². The van der Waals surface area contributed by atoms with Crippen LogP contribution < -0.4 is 0 Å². The number of carbonyl (C=O) groups is 1. The normalized spacial score (nSPS) is 9.70. The van der Waals surface area contributed by atoms with Gasteiger partial charge in [0.15, 0.2) is 0 Å². The quantitative estimate of drug-likeness (QED) is 0.638. The molecule has 2 N–H and O–H groups in total. The lowest BCUT2D eigenvalue weighted by Crippen LogP contribution is -1.95. The molecular weight excluding hydrogens is 150 g/mol. The van der Waals surface area contributed by atoms with Crippen LogP contribution >= 0.6 is 11.8 Å².